The molecular formula is C24H25FN4O3. The van der Waals surface area contributed by atoms with Crippen molar-refractivity contribution in [2.75, 3.05) is 26.3 Å². The lowest BCUT2D eigenvalue weighted by Crippen LogP contribution is -2.49. The number of hydrogen-bond donors (Lipinski definition) is 1. The van der Waals surface area contributed by atoms with Gasteiger partial charge in [0.15, 0.2) is 5.82 Å². The molecule has 2 fully saturated rings. The first-order valence-electron chi connectivity index (χ1n) is 10.8. The summed E-state index contributed by atoms with van der Waals surface area (Å²) in [4.78, 5) is 27.0. The van der Waals surface area contributed by atoms with Gasteiger partial charge in [0.05, 0.1) is 30.0 Å². The van der Waals surface area contributed by atoms with Crippen LogP contribution in [-0.2, 0) is 14.3 Å². The predicted octanol–water partition coefficient (Wildman–Crippen LogP) is 3.95. The molecule has 2 aliphatic heterocycles. The largest absolute Gasteiger partial charge is 0.345 e. The number of halogens is 1. The van der Waals surface area contributed by atoms with Crippen molar-refractivity contribution < 1.29 is 18.7 Å². The van der Waals surface area contributed by atoms with Gasteiger partial charge in [-0.05, 0) is 56.2 Å². The Morgan fingerprint density at radius 1 is 1.06 bits per heavy atom. The first-order valence-corrected chi connectivity index (χ1v) is 10.8. The fourth-order valence-corrected chi connectivity index (χ4v) is 4.24. The van der Waals surface area contributed by atoms with Crippen LogP contribution in [0.25, 0.3) is 22.5 Å². The van der Waals surface area contributed by atoms with Gasteiger partial charge in [-0.2, -0.15) is 0 Å². The first kappa shape index (κ1) is 20.8. The highest BCUT2D eigenvalue weighted by atomic mass is 19.1. The summed E-state index contributed by atoms with van der Waals surface area (Å²) in [6.07, 6.45) is 4.77. The van der Waals surface area contributed by atoms with Crippen LogP contribution in [0.5, 0.6) is 0 Å². The molecule has 1 aromatic carbocycles. The number of carbonyl (C=O) groups excluding carboxylic acids is 1. The average Bonchev–Trinajstić information content (AvgIpc) is 3.51. The number of nitrogens with zero attached hydrogens (tertiary/aromatic N) is 3. The standard InChI is InChI=1S/C24H25FN4O3/c1-24(23(30)29-12-2-3-13-29)14-31-22(32-15-24)21-27-19(16-4-6-18(25)7-5-16)20(28-21)17-8-10-26-11-9-17/h4-11,22H,2-3,12-15H2,1H3,(H,27,28). The summed E-state index contributed by atoms with van der Waals surface area (Å²) in [5.41, 5.74) is 2.39. The SMILES string of the molecule is CC1(C(=O)N2CCCC2)COC(c2nc(-c3ccc(F)cc3)c(-c3ccncc3)[nH]2)OC1. The third kappa shape index (κ3) is 3.91. The van der Waals surface area contributed by atoms with E-state index in [1.807, 2.05) is 24.0 Å². The molecule has 32 heavy (non-hydrogen) atoms. The van der Waals surface area contributed by atoms with Gasteiger partial charge in [-0.3, -0.25) is 9.78 Å². The van der Waals surface area contributed by atoms with Gasteiger partial charge in [-0.25, -0.2) is 9.37 Å². The Bertz CT molecular complexity index is 1090. The number of aromatic amines is 1. The van der Waals surface area contributed by atoms with Crippen LogP contribution in [0.15, 0.2) is 48.8 Å². The second-order valence-corrected chi connectivity index (χ2v) is 8.60. The number of imidazole rings is 1. The van der Waals surface area contributed by atoms with Crippen LogP contribution >= 0.6 is 0 Å². The van der Waals surface area contributed by atoms with Crippen LogP contribution in [0, 0.1) is 11.2 Å². The van der Waals surface area contributed by atoms with Gasteiger partial charge in [-0.15, -0.1) is 0 Å². The molecule has 8 heteroatoms. The average molecular weight is 436 g/mol. The van der Waals surface area contributed by atoms with Crippen molar-refractivity contribution in [1.29, 1.82) is 0 Å². The quantitative estimate of drug-likeness (QED) is 0.670. The number of H-pyrrole nitrogens is 1. The van der Waals surface area contributed by atoms with Crippen LogP contribution in [0.2, 0.25) is 0 Å². The maximum Gasteiger partial charge on any atom is 0.233 e. The molecule has 0 bridgehead atoms. The van der Waals surface area contributed by atoms with Crippen LogP contribution in [0.4, 0.5) is 4.39 Å². The molecule has 0 spiro atoms. The lowest BCUT2D eigenvalue weighted by molar-refractivity contribution is -0.234. The topological polar surface area (TPSA) is 80.3 Å². The monoisotopic (exact) mass is 436 g/mol. The van der Waals surface area contributed by atoms with E-state index in [1.54, 1.807) is 24.5 Å². The minimum atomic E-state index is -0.718. The number of rotatable bonds is 4. The zero-order chi connectivity index (χ0) is 22.1. The lowest BCUT2D eigenvalue weighted by atomic mass is 9.90. The number of ether oxygens (including phenoxy) is 2. The Morgan fingerprint density at radius 3 is 2.38 bits per heavy atom. The van der Waals surface area contributed by atoms with E-state index in [1.165, 1.54) is 12.1 Å². The second-order valence-electron chi connectivity index (χ2n) is 8.60. The van der Waals surface area contributed by atoms with Crippen molar-refractivity contribution in [3.8, 4) is 22.5 Å². The Labute approximate surface area is 185 Å². The molecule has 0 unspecified atom stereocenters. The van der Waals surface area contributed by atoms with Crippen molar-refractivity contribution in [2.45, 2.75) is 26.1 Å². The van der Waals surface area contributed by atoms with Crippen molar-refractivity contribution in [2.24, 2.45) is 5.41 Å². The van der Waals surface area contributed by atoms with E-state index < -0.39 is 11.7 Å². The Balaban J connectivity index is 1.41. The molecule has 0 radical (unpaired) electrons. The molecule has 2 saturated heterocycles. The maximum atomic E-state index is 13.5. The summed E-state index contributed by atoms with van der Waals surface area (Å²) in [6.45, 7) is 3.99. The molecule has 1 amide bonds. The van der Waals surface area contributed by atoms with E-state index in [0.29, 0.717) is 11.5 Å². The minimum Gasteiger partial charge on any atom is -0.345 e. The number of amides is 1. The molecule has 1 N–H and O–H groups in total. The molecule has 2 aromatic heterocycles. The highest BCUT2D eigenvalue weighted by Gasteiger charge is 2.43. The number of pyridine rings is 1. The van der Waals surface area contributed by atoms with E-state index in [4.69, 9.17) is 14.5 Å². The molecule has 3 aromatic rings. The summed E-state index contributed by atoms with van der Waals surface area (Å²) in [6, 6.07) is 9.94. The fourth-order valence-electron chi connectivity index (χ4n) is 4.24. The fraction of sp³-hybridized carbons (Fsp3) is 0.375. The Morgan fingerprint density at radius 2 is 1.72 bits per heavy atom. The smallest absolute Gasteiger partial charge is 0.233 e. The summed E-state index contributed by atoms with van der Waals surface area (Å²) < 4.78 is 25.4. The normalized spacial score (nSPS) is 23.4. The summed E-state index contributed by atoms with van der Waals surface area (Å²) in [5.74, 6) is 0.278. The van der Waals surface area contributed by atoms with Gasteiger partial charge in [-0.1, -0.05) is 0 Å². The molecule has 7 nitrogen and oxygen atoms in total. The lowest BCUT2D eigenvalue weighted by Gasteiger charge is -2.37. The molecule has 0 atom stereocenters. The number of nitrogens with one attached hydrogen (secondary N) is 1. The predicted molar refractivity (Wildman–Crippen MR) is 116 cm³/mol. The van der Waals surface area contributed by atoms with Crippen molar-refractivity contribution in [3.05, 3.63) is 60.4 Å². The molecule has 0 aliphatic carbocycles. The van der Waals surface area contributed by atoms with Gasteiger partial charge in [0.2, 0.25) is 12.2 Å². The maximum absolute atomic E-state index is 13.5. The number of likely N-dealkylation sites (tertiary alicyclic amines) is 1. The van der Waals surface area contributed by atoms with Crippen LogP contribution in [0.3, 0.4) is 0 Å². The van der Waals surface area contributed by atoms with Crippen molar-refractivity contribution in [3.63, 3.8) is 0 Å². The zero-order valence-electron chi connectivity index (χ0n) is 17.9. The van der Waals surface area contributed by atoms with Crippen LogP contribution < -0.4 is 0 Å². The van der Waals surface area contributed by atoms with Gasteiger partial charge >= 0.3 is 0 Å². The van der Waals surface area contributed by atoms with Gasteiger partial charge in [0, 0.05) is 36.6 Å². The Kier molecular flexibility index (Phi) is 5.48. The summed E-state index contributed by atoms with van der Waals surface area (Å²) in [7, 11) is 0. The molecule has 2 aliphatic rings. The minimum absolute atomic E-state index is 0.0809. The summed E-state index contributed by atoms with van der Waals surface area (Å²) in [5, 5.41) is 0. The van der Waals surface area contributed by atoms with E-state index in [9.17, 15) is 9.18 Å². The van der Waals surface area contributed by atoms with Crippen molar-refractivity contribution in [1.82, 2.24) is 19.9 Å². The Hall–Kier alpha value is -3.10. The second kappa shape index (κ2) is 8.44. The molecule has 5 rings (SSSR count). The van der Waals surface area contributed by atoms with E-state index in [2.05, 4.69) is 9.97 Å². The highest BCUT2D eigenvalue weighted by Crippen LogP contribution is 2.36. The number of carbonyl (C=O) groups is 1. The van der Waals surface area contributed by atoms with Gasteiger partial charge in [0.25, 0.3) is 0 Å². The van der Waals surface area contributed by atoms with Crippen molar-refractivity contribution >= 4 is 5.91 Å². The van der Waals surface area contributed by atoms with E-state index in [0.717, 1.165) is 42.8 Å². The van der Waals surface area contributed by atoms with Gasteiger partial charge < -0.3 is 19.4 Å². The third-order valence-corrected chi connectivity index (χ3v) is 6.05. The van der Waals surface area contributed by atoms with E-state index in [-0.39, 0.29) is 24.9 Å². The van der Waals surface area contributed by atoms with Crippen LogP contribution in [-0.4, -0.2) is 52.1 Å². The summed E-state index contributed by atoms with van der Waals surface area (Å²) >= 11 is 0. The number of hydrogen-bond acceptors (Lipinski definition) is 5. The van der Waals surface area contributed by atoms with E-state index >= 15 is 0 Å². The molecule has 4 heterocycles. The molecule has 0 saturated carbocycles. The third-order valence-electron chi connectivity index (χ3n) is 6.05. The first-order chi connectivity index (χ1) is 15.5. The molecule has 166 valence electrons. The van der Waals surface area contributed by atoms with Gasteiger partial charge in [0.1, 0.15) is 5.82 Å². The highest BCUT2D eigenvalue weighted by molar-refractivity contribution is 5.83. The number of benzene rings is 1. The van der Waals surface area contributed by atoms with Crippen LogP contribution in [0.1, 0.15) is 31.9 Å². The molecular weight excluding hydrogens is 411 g/mol. The zero-order valence-corrected chi connectivity index (χ0v) is 17.9. The number of aromatic nitrogens is 3.